The van der Waals surface area contributed by atoms with E-state index >= 15 is 0 Å². The molecular weight excluding hydrogens is 457 g/mol. The topological polar surface area (TPSA) is 20.2 Å². The first-order chi connectivity index (χ1) is 17.0. The minimum Gasteiger partial charge on any atom is -0.380 e. The Hall–Kier alpha value is -0.510. The van der Waals surface area contributed by atoms with Crippen molar-refractivity contribution in [3.8, 4) is 0 Å². The minimum absolute atomic E-state index is 0.0120. The zero-order chi connectivity index (χ0) is 25.8. The molecule has 0 aromatic carbocycles. The fourth-order valence-electron chi connectivity index (χ4n) is 10.5. The van der Waals surface area contributed by atoms with Crippen LogP contribution in [0.4, 0.5) is 13.2 Å². The lowest BCUT2D eigenvalue weighted by molar-refractivity contribution is -0.290. The average molecular weight is 509 g/mol. The summed E-state index contributed by atoms with van der Waals surface area (Å²) in [6, 6.07) is 0. The molecule has 1 nitrogen and oxygen atoms in total. The second-order valence-corrected chi connectivity index (χ2v) is 14.4. The van der Waals surface area contributed by atoms with Gasteiger partial charge in [-0.15, -0.1) is 0 Å². The molecule has 8 atom stereocenters. The van der Waals surface area contributed by atoms with E-state index in [2.05, 4.69) is 20.4 Å². The predicted octanol–water partition coefficient (Wildman–Crippen LogP) is 9.64. The van der Waals surface area contributed by atoms with E-state index < -0.39 is 11.8 Å². The lowest BCUT2D eigenvalue weighted by Crippen LogP contribution is -2.59. The normalized spacial score (nSPS) is 45.6. The highest BCUT2D eigenvalue weighted by Crippen LogP contribution is 2.69. The number of hydrogen-bond acceptors (Lipinski definition) is 1. The molecule has 0 aromatic rings. The summed E-state index contributed by atoms with van der Waals surface area (Å²) in [7, 11) is 0. The summed E-state index contributed by atoms with van der Waals surface area (Å²) in [4.78, 5) is 0. The highest BCUT2D eigenvalue weighted by Gasteiger charge is 2.64. The number of hydrogen-bond donors (Lipinski definition) is 1. The van der Waals surface area contributed by atoms with Crippen LogP contribution in [0.1, 0.15) is 129 Å². The fourth-order valence-corrected chi connectivity index (χ4v) is 10.5. The first-order valence-electron chi connectivity index (χ1n) is 15.4. The maximum absolute atomic E-state index is 13.6. The van der Waals surface area contributed by atoms with Crippen LogP contribution in [0.15, 0.2) is 12.2 Å². The van der Waals surface area contributed by atoms with E-state index in [0.29, 0.717) is 23.7 Å². The van der Waals surface area contributed by atoms with Gasteiger partial charge in [-0.1, -0.05) is 51.7 Å². The van der Waals surface area contributed by atoms with E-state index in [-0.39, 0.29) is 24.2 Å². The lowest BCUT2D eigenvalue weighted by Gasteiger charge is -2.62. The van der Waals surface area contributed by atoms with E-state index in [9.17, 15) is 18.3 Å². The van der Waals surface area contributed by atoms with Gasteiger partial charge in [0, 0.05) is 0 Å². The Balaban J connectivity index is 1.17. The molecule has 5 fully saturated rings. The van der Waals surface area contributed by atoms with Crippen LogP contribution in [0.25, 0.3) is 0 Å². The van der Waals surface area contributed by atoms with Crippen molar-refractivity contribution in [3.63, 3.8) is 0 Å². The van der Waals surface area contributed by atoms with Gasteiger partial charge in [0.15, 0.2) is 5.60 Å². The van der Waals surface area contributed by atoms with Crippen LogP contribution in [0.3, 0.4) is 0 Å². The molecule has 0 aliphatic heterocycles. The van der Waals surface area contributed by atoms with Gasteiger partial charge in [-0.3, -0.25) is 0 Å². The lowest BCUT2D eigenvalue weighted by atomic mass is 9.43. The van der Waals surface area contributed by atoms with E-state index in [1.54, 1.807) is 0 Å². The van der Waals surface area contributed by atoms with Gasteiger partial charge >= 0.3 is 6.18 Å². The molecule has 0 heterocycles. The molecule has 0 bridgehead atoms. The molecule has 0 amide bonds. The van der Waals surface area contributed by atoms with Crippen LogP contribution < -0.4 is 0 Å². The molecule has 0 radical (unpaired) electrons. The Morgan fingerprint density at radius 3 is 2.28 bits per heavy atom. The maximum Gasteiger partial charge on any atom is 0.417 e. The molecule has 5 rings (SSSR count). The van der Waals surface area contributed by atoms with Gasteiger partial charge in [-0.2, -0.15) is 13.2 Å². The Bertz CT molecular complexity index is 800. The molecule has 4 heteroatoms. The number of alkyl halides is 3. The van der Waals surface area contributed by atoms with Crippen molar-refractivity contribution in [2.24, 2.45) is 46.3 Å². The molecule has 5 aliphatic rings. The molecule has 5 aliphatic carbocycles. The summed E-state index contributed by atoms with van der Waals surface area (Å²) in [5.74, 6) is 3.59. The number of allylic oxidation sites excluding steroid dienone is 1. The Kier molecular flexibility index (Phi) is 7.45. The Morgan fingerprint density at radius 2 is 1.56 bits per heavy atom. The average Bonchev–Trinajstić information content (AvgIpc) is 3.18. The Labute approximate surface area is 218 Å². The molecule has 0 aromatic heterocycles. The SMILES string of the molecule is C=C(CCCCC1CCC2[C@@H]3CC[C@H]4C[C@](O)(C(F)(F)F)CC[C@]4(C)[C@H]3CC[C@]12C)C1CCCCC1. The first kappa shape index (κ1) is 27.1. The van der Waals surface area contributed by atoms with E-state index in [4.69, 9.17) is 0 Å². The number of aliphatic hydroxyl groups is 1. The number of fused-ring (bicyclic) bond motifs is 5. The second kappa shape index (κ2) is 9.91. The molecule has 36 heavy (non-hydrogen) atoms. The smallest absolute Gasteiger partial charge is 0.380 e. The molecular formula is C32H51F3O. The highest BCUT2D eigenvalue weighted by molar-refractivity contribution is 5.11. The summed E-state index contributed by atoms with van der Waals surface area (Å²) in [6.45, 7) is 9.32. The van der Waals surface area contributed by atoms with Gasteiger partial charge in [-0.25, -0.2) is 0 Å². The van der Waals surface area contributed by atoms with Crippen LogP contribution in [0, 0.1) is 46.3 Å². The maximum atomic E-state index is 13.6. The van der Waals surface area contributed by atoms with Gasteiger partial charge in [0.25, 0.3) is 0 Å². The summed E-state index contributed by atoms with van der Waals surface area (Å²) in [6.07, 6.45) is 15.0. The number of unbranched alkanes of at least 4 members (excludes halogenated alkanes) is 1. The van der Waals surface area contributed by atoms with Crippen molar-refractivity contribution in [3.05, 3.63) is 12.2 Å². The molecule has 5 saturated carbocycles. The zero-order valence-electron chi connectivity index (χ0n) is 23.0. The minimum atomic E-state index is -4.50. The van der Waals surface area contributed by atoms with Crippen LogP contribution >= 0.6 is 0 Å². The van der Waals surface area contributed by atoms with Crippen molar-refractivity contribution in [2.45, 2.75) is 141 Å². The highest BCUT2D eigenvalue weighted by atomic mass is 19.4. The van der Waals surface area contributed by atoms with Gasteiger partial charge in [0.2, 0.25) is 0 Å². The number of halogens is 3. The van der Waals surface area contributed by atoms with Crippen LogP contribution in [-0.4, -0.2) is 16.9 Å². The van der Waals surface area contributed by atoms with E-state index in [1.807, 2.05) is 0 Å². The third-order valence-electron chi connectivity index (χ3n) is 12.9. The summed E-state index contributed by atoms with van der Waals surface area (Å²) >= 11 is 0. The largest absolute Gasteiger partial charge is 0.417 e. The standard InChI is InChI=1S/C32H51F3O/c1-22(23-10-5-4-6-11-23)9-7-8-12-24-14-16-27-26-15-13-25-21-31(36,32(33,34)35)20-19-30(25,3)28(26)17-18-29(24,27)2/h23-28,36H,1,4-21H2,2-3H3/t24?,25-,26-,27?,28-,29+,30-,31-/m0/s1. The fraction of sp³-hybridized carbons (Fsp3) is 0.938. The van der Waals surface area contributed by atoms with Crippen molar-refractivity contribution in [1.82, 2.24) is 0 Å². The van der Waals surface area contributed by atoms with Crippen molar-refractivity contribution in [2.75, 3.05) is 0 Å². The van der Waals surface area contributed by atoms with Crippen LogP contribution in [-0.2, 0) is 0 Å². The van der Waals surface area contributed by atoms with Crippen molar-refractivity contribution >= 4 is 0 Å². The van der Waals surface area contributed by atoms with Crippen molar-refractivity contribution in [1.29, 1.82) is 0 Å². The summed E-state index contributed by atoms with van der Waals surface area (Å²) in [5, 5.41) is 10.5. The summed E-state index contributed by atoms with van der Waals surface area (Å²) < 4.78 is 40.9. The van der Waals surface area contributed by atoms with Crippen LogP contribution in [0.5, 0.6) is 0 Å². The second-order valence-electron chi connectivity index (χ2n) is 14.4. The third-order valence-corrected chi connectivity index (χ3v) is 12.9. The zero-order valence-corrected chi connectivity index (χ0v) is 23.0. The third kappa shape index (κ3) is 4.62. The van der Waals surface area contributed by atoms with Gasteiger partial charge < -0.3 is 5.11 Å². The Morgan fingerprint density at radius 1 is 0.833 bits per heavy atom. The monoisotopic (exact) mass is 508 g/mol. The molecule has 206 valence electrons. The quantitative estimate of drug-likeness (QED) is 0.280. The molecule has 0 spiro atoms. The first-order valence-corrected chi connectivity index (χ1v) is 15.4. The number of rotatable bonds is 6. The molecule has 2 unspecified atom stereocenters. The van der Waals surface area contributed by atoms with Gasteiger partial charge in [-0.05, 0) is 136 Å². The summed E-state index contributed by atoms with van der Waals surface area (Å²) in [5.41, 5.74) is -0.556. The van der Waals surface area contributed by atoms with E-state index in [1.165, 1.54) is 89.0 Å². The van der Waals surface area contributed by atoms with Crippen molar-refractivity contribution < 1.29 is 18.3 Å². The van der Waals surface area contributed by atoms with Crippen LogP contribution in [0.2, 0.25) is 0 Å². The molecule has 1 N–H and O–H groups in total. The molecule has 0 saturated heterocycles. The van der Waals surface area contributed by atoms with Gasteiger partial charge in [0.1, 0.15) is 0 Å². The van der Waals surface area contributed by atoms with E-state index in [0.717, 1.165) is 30.6 Å². The van der Waals surface area contributed by atoms with Gasteiger partial charge in [0.05, 0.1) is 0 Å². The predicted molar refractivity (Wildman–Crippen MR) is 140 cm³/mol.